The van der Waals surface area contributed by atoms with Crippen LogP contribution in [0.15, 0.2) is 0 Å². The minimum Gasteiger partial charge on any atom is -0.464 e. The molecule has 260 valence electrons. The van der Waals surface area contributed by atoms with Gasteiger partial charge in [0.25, 0.3) is 0 Å². The number of amides is 1. The second-order valence-electron chi connectivity index (χ2n) is 13.1. The van der Waals surface area contributed by atoms with Crippen molar-refractivity contribution < 1.29 is 28.8 Å². The average molecular weight is 626 g/mol. The highest BCUT2D eigenvalue weighted by molar-refractivity contribution is 5.76. The predicted molar refractivity (Wildman–Crippen MR) is 183 cm³/mol. The first-order valence-electron chi connectivity index (χ1n) is 18.8. The molecule has 0 aromatic rings. The molecule has 44 heavy (non-hydrogen) atoms. The lowest BCUT2D eigenvalue weighted by Gasteiger charge is -2.23. The Kier molecular flexibility index (Phi) is 31.5. The summed E-state index contributed by atoms with van der Waals surface area (Å²) in [5.41, 5.74) is 0. The van der Waals surface area contributed by atoms with Crippen LogP contribution < -0.4 is 4.90 Å². The Morgan fingerprint density at radius 1 is 0.477 bits per heavy atom. The first kappa shape index (κ1) is 42.4. The van der Waals surface area contributed by atoms with Gasteiger partial charge in [-0.05, 0) is 12.8 Å². The Hall–Kier alpha value is -1.63. The Morgan fingerprint density at radius 2 is 0.795 bits per heavy atom. The van der Waals surface area contributed by atoms with Crippen LogP contribution in [0.3, 0.4) is 0 Å². The maximum atomic E-state index is 12.8. The van der Waals surface area contributed by atoms with E-state index in [9.17, 15) is 14.4 Å². The molecule has 0 radical (unpaired) electrons. The third-order valence-corrected chi connectivity index (χ3v) is 8.41. The molecule has 0 atom stereocenters. The summed E-state index contributed by atoms with van der Waals surface area (Å²) in [6, 6.07) is 0. The van der Waals surface area contributed by atoms with Crippen LogP contribution >= 0.6 is 0 Å². The fraction of sp³-hybridized carbons (Fsp3) is 0.919. The molecule has 0 aromatic carbocycles. The summed E-state index contributed by atoms with van der Waals surface area (Å²) in [4.78, 5) is 40.1. The largest absolute Gasteiger partial charge is 0.464 e. The Labute approximate surface area is 272 Å². The van der Waals surface area contributed by atoms with Gasteiger partial charge in [-0.2, -0.15) is 0 Å². The van der Waals surface area contributed by atoms with Gasteiger partial charge in [0.1, 0.15) is 13.2 Å². The first-order chi connectivity index (χ1) is 21.4. The van der Waals surface area contributed by atoms with E-state index in [-0.39, 0.29) is 31.1 Å². The van der Waals surface area contributed by atoms with Crippen LogP contribution in [0.4, 0.5) is 0 Å². The first-order valence-corrected chi connectivity index (χ1v) is 18.8. The number of quaternary nitrogens is 1. The number of nitrogens with zero attached hydrogens (tertiary/aromatic N) is 1. The van der Waals surface area contributed by atoms with Crippen molar-refractivity contribution in [2.24, 2.45) is 0 Å². The van der Waals surface area contributed by atoms with Gasteiger partial charge in [0, 0.05) is 12.8 Å². The maximum absolute atomic E-state index is 12.8. The van der Waals surface area contributed by atoms with Crippen molar-refractivity contribution in [1.82, 2.24) is 4.90 Å². The molecule has 1 amide bonds. The normalized spacial score (nSPS) is 11.2. The van der Waals surface area contributed by atoms with Gasteiger partial charge in [0.15, 0.2) is 0 Å². The van der Waals surface area contributed by atoms with Gasteiger partial charge in [-0.15, -0.1) is 0 Å². The topological polar surface area (TPSA) is 77.3 Å². The minimum absolute atomic E-state index is 0.00836. The van der Waals surface area contributed by atoms with E-state index in [0.717, 1.165) is 32.2 Å². The van der Waals surface area contributed by atoms with E-state index >= 15 is 0 Å². The predicted octanol–water partition coefficient (Wildman–Crippen LogP) is 7.84. The number of carbonyl (C=O) groups is 3. The van der Waals surface area contributed by atoms with Crippen molar-refractivity contribution in [3.05, 3.63) is 0 Å². The zero-order valence-corrected chi connectivity index (χ0v) is 29.7. The van der Waals surface area contributed by atoms with Crippen LogP contribution in [0.5, 0.6) is 0 Å². The Morgan fingerprint density at radius 3 is 1.11 bits per heavy atom. The Balaban J connectivity index is 4.04. The molecule has 0 unspecified atom stereocenters. The lowest BCUT2D eigenvalue weighted by Crippen LogP contribution is -3.05. The van der Waals surface area contributed by atoms with E-state index in [2.05, 4.69) is 13.8 Å². The summed E-state index contributed by atoms with van der Waals surface area (Å²) < 4.78 is 10.9. The van der Waals surface area contributed by atoms with E-state index < -0.39 is 0 Å². The van der Waals surface area contributed by atoms with E-state index in [1.807, 2.05) is 14.1 Å². The molecule has 0 rings (SSSR count). The molecule has 0 aliphatic carbocycles. The van der Waals surface area contributed by atoms with Crippen molar-refractivity contribution in [3.63, 3.8) is 0 Å². The fourth-order valence-electron chi connectivity index (χ4n) is 5.43. The molecule has 0 saturated heterocycles. The number of esters is 2. The van der Waals surface area contributed by atoms with Crippen molar-refractivity contribution >= 4 is 17.8 Å². The highest BCUT2D eigenvalue weighted by Crippen LogP contribution is 2.13. The number of hydrogen-bond donors (Lipinski definition) is 1. The number of nitrogens with one attached hydrogen (secondary N) is 1. The lowest BCUT2D eigenvalue weighted by molar-refractivity contribution is -0.857. The van der Waals surface area contributed by atoms with E-state index in [1.54, 1.807) is 4.90 Å². The molecule has 0 saturated carbocycles. The van der Waals surface area contributed by atoms with Crippen molar-refractivity contribution in [3.8, 4) is 0 Å². The van der Waals surface area contributed by atoms with Crippen molar-refractivity contribution in [1.29, 1.82) is 0 Å². The van der Waals surface area contributed by atoms with Crippen LogP contribution in [0.25, 0.3) is 0 Å². The monoisotopic (exact) mass is 626 g/mol. The molecule has 0 aromatic heterocycles. The quantitative estimate of drug-likeness (QED) is 0.0594. The van der Waals surface area contributed by atoms with Crippen LogP contribution in [-0.2, 0) is 23.9 Å². The SMILES string of the molecule is CCCCCCCCCCCCCC(=O)OCCN(CCOC(=O)CCCCCCCCCCCCC)C(=O)CC[NH+](C)C. The second-order valence-corrected chi connectivity index (χ2v) is 13.1. The molecular formula is C37H73N2O5+. The van der Waals surface area contributed by atoms with Crippen LogP contribution in [-0.4, -0.2) is 69.7 Å². The van der Waals surface area contributed by atoms with E-state index in [1.165, 1.54) is 120 Å². The summed E-state index contributed by atoms with van der Waals surface area (Å²) in [6.45, 7) is 6.27. The van der Waals surface area contributed by atoms with Crippen LogP contribution in [0.2, 0.25) is 0 Å². The third-order valence-electron chi connectivity index (χ3n) is 8.41. The fourth-order valence-corrected chi connectivity index (χ4v) is 5.43. The smallest absolute Gasteiger partial charge is 0.305 e. The maximum Gasteiger partial charge on any atom is 0.305 e. The standard InChI is InChI=1S/C37H72N2O5/c1-5-7-9-11-13-15-17-19-21-23-25-27-36(41)43-33-31-39(35(40)29-30-38(3)4)32-34-44-37(42)28-26-24-22-20-18-16-14-12-10-8-6-2/h5-34H2,1-4H3/p+1. The summed E-state index contributed by atoms with van der Waals surface area (Å²) in [6.07, 6.45) is 28.7. The zero-order valence-electron chi connectivity index (χ0n) is 29.7. The molecule has 0 aliphatic heterocycles. The average Bonchev–Trinajstić information content (AvgIpc) is 3.00. The molecule has 0 aliphatic rings. The van der Waals surface area contributed by atoms with Crippen molar-refractivity contribution in [2.75, 3.05) is 46.9 Å². The zero-order chi connectivity index (χ0) is 32.5. The van der Waals surface area contributed by atoms with E-state index in [4.69, 9.17) is 9.47 Å². The van der Waals surface area contributed by atoms with Gasteiger partial charge >= 0.3 is 11.9 Å². The molecule has 7 nitrogen and oxygen atoms in total. The minimum atomic E-state index is -0.190. The second kappa shape index (κ2) is 32.8. The number of carbonyl (C=O) groups excluding carboxylic acids is 3. The molecule has 0 fully saturated rings. The van der Waals surface area contributed by atoms with Crippen LogP contribution in [0.1, 0.15) is 174 Å². The van der Waals surface area contributed by atoms with Crippen LogP contribution in [0, 0.1) is 0 Å². The third kappa shape index (κ3) is 30.4. The molecule has 1 N–H and O–H groups in total. The summed E-state index contributed by atoms with van der Waals surface area (Å²) in [5, 5.41) is 0. The molecular weight excluding hydrogens is 552 g/mol. The highest BCUT2D eigenvalue weighted by Gasteiger charge is 2.16. The number of ether oxygens (including phenoxy) is 2. The molecule has 7 heteroatoms. The summed E-state index contributed by atoms with van der Waals surface area (Å²) in [5.74, 6) is -0.372. The molecule has 0 heterocycles. The summed E-state index contributed by atoms with van der Waals surface area (Å²) >= 11 is 0. The van der Waals surface area contributed by atoms with E-state index in [0.29, 0.717) is 32.4 Å². The number of unbranched alkanes of at least 4 members (excludes halogenated alkanes) is 20. The molecule has 0 bridgehead atoms. The van der Waals surface area contributed by atoms with Gasteiger partial charge < -0.3 is 19.3 Å². The van der Waals surface area contributed by atoms with Gasteiger partial charge in [0.05, 0.1) is 40.2 Å². The lowest BCUT2D eigenvalue weighted by atomic mass is 10.1. The van der Waals surface area contributed by atoms with Gasteiger partial charge in [-0.3, -0.25) is 14.4 Å². The highest BCUT2D eigenvalue weighted by atomic mass is 16.5. The van der Waals surface area contributed by atoms with Gasteiger partial charge in [0.2, 0.25) is 5.91 Å². The Bertz CT molecular complexity index is 626. The van der Waals surface area contributed by atoms with Gasteiger partial charge in [-0.25, -0.2) is 0 Å². The van der Waals surface area contributed by atoms with Gasteiger partial charge in [-0.1, -0.05) is 142 Å². The van der Waals surface area contributed by atoms with Crippen molar-refractivity contribution in [2.45, 2.75) is 174 Å². The number of hydrogen-bond acceptors (Lipinski definition) is 5. The summed E-state index contributed by atoms with van der Waals surface area (Å²) in [7, 11) is 4.04. The number of rotatable bonds is 33. The molecule has 0 spiro atoms.